The van der Waals surface area contributed by atoms with E-state index in [9.17, 15) is 14.7 Å². The van der Waals surface area contributed by atoms with Crippen molar-refractivity contribution in [1.82, 2.24) is 20.0 Å². The van der Waals surface area contributed by atoms with Gasteiger partial charge in [-0.15, -0.1) is 0 Å². The number of hydrogen-bond donors (Lipinski definition) is 2. The van der Waals surface area contributed by atoms with E-state index in [0.29, 0.717) is 0 Å². The lowest BCUT2D eigenvalue weighted by molar-refractivity contribution is -0.140. The van der Waals surface area contributed by atoms with E-state index in [1.54, 1.807) is 20.0 Å². The molecule has 1 aliphatic rings. The molecule has 1 fully saturated rings. The van der Waals surface area contributed by atoms with Crippen LogP contribution in [0.15, 0.2) is 41.6 Å². The van der Waals surface area contributed by atoms with Gasteiger partial charge in [0, 0.05) is 30.6 Å². The molecule has 0 aliphatic carbocycles. The van der Waals surface area contributed by atoms with Gasteiger partial charge in [0.05, 0.1) is 17.8 Å². The predicted octanol–water partition coefficient (Wildman–Crippen LogP) is 3.04. The number of aliphatic hydroxyl groups is 1. The molecule has 4 atom stereocenters. The second-order valence-corrected chi connectivity index (χ2v) is 8.67. The number of hydrogen-bond acceptors (Lipinski definition) is 5. The average molecular weight is 454 g/mol. The van der Waals surface area contributed by atoms with Crippen molar-refractivity contribution in [2.75, 3.05) is 6.54 Å². The van der Waals surface area contributed by atoms with Crippen LogP contribution in [-0.2, 0) is 16.1 Å². The Kier molecular flexibility index (Phi) is 7.73. The molecule has 3 rings (SSSR count). The Bertz CT molecular complexity index is 1030. The molecule has 33 heavy (non-hydrogen) atoms. The quantitative estimate of drug-likeness (QED) is 0.360. The first-order valence-electron chi connectivity index (χ1n) is 11.2. The van der Waals surface area contributed by atoms with Crippen LogP contribution in [0.3, 0.4) is 0 Å². The number of carbonyl (C=O) groups excluding carboxylic acids is 2. The van der Waals surface area contributed by atoms with E-state index in [1.807, 2.05) is 48.9 Å². The summed E-state index contributed by atoms with van der Waals surface area (Å²) in [6, 6.07) is 7.82. The zero-order chi connectivity index (χ0) is 24.1. The smallest absolute Gasteiger partial charge is 0.243 e. The monoisotopic (exact) mass is 453 g/mol. The van der Waals surface area contributed by atoms with Crippen molar-refractivity contribution in [3.05, 3.63) is 52.5 Å². The number of aryl methyl sites for hydroxylation is 1. The van der Waals surface area contributed by atoms with Crippen LogP contribution in [0.4, 0.5) is 0 Å². The first-order chi connectivity index (χ1) is 15.8. The van der Waals surface area contributed by atoms with Gasteiger partial charge in [0.15, 0.2) is 0 Å². The second kappa shape index (κ2) is 10.5. The molecule has 2 heterocycles. The molecule has 10 nitrogen and oxygen atoms in total. The van der Waals surface area contributed by atoms with E-state index >= 15 is 0 Å². The van der Waals surface area contributed by atoms with Crippen molar-refractivity contribution >= 4 is 11.8 Å². The third kappa shape index (κ3) is 5.35. The molecule has 0 saturated carbocycles. The normalized spacial score (nSPS) is 19.8. The van der Waals surface area contributed by atoms with E-state index < -0.39 is 24.1 Å². The maximum absolute atomic E-state index is 13.0. The minimum Gasteiger partial charge on any atom is -0.391 e. The van der Waals surface area contributed by atoms with Gasteiger partial charge in [0.25, 0.3) is 0 Å². The summed E-state index contributed by atoms with van der Waals surface area (Å²) in [5.41, 5.74) is 11.8. The average Bonchev–Trinajstić information content (AvgIpc) is 3.43. The first kappa shape index (κ1) is 24.3. The molecule has 1 aliphatic heterocycles. The topological polar surface area (TPSA) is 136 Å². The number of azide groups is 1. The molecule has 0 radical (unpaired) electrons. The summed E-state index contributed by atoms with van der Waals surface area (Å²) in [5.74, 6) is -1.01. The SMILES string of the molecule is CCn1nccc1-c1ccc([C@H](C)NC(=O)[C@@H]2C[C@@H](O)CN2C(=O)[C@@H](N=[N+]=[N-])C(C)C)cc1. The summed E-state index contributed by atoms with van der Waals surface area (Å²) in [6.07, 6.45) is 1.11. The fraction of sp³-hybridized carbons (Fsp3) is 0.522. The Morgan fingerprint density at radius 1 is 1.27 bits per heavy atom. The number of rotatable bonds is 8. The summed E-state index contributed by atoms with van der Waals surface area (Å²) in [5, 5.41) is 21.0. The van der Waals surface area contributed by atoms with Gasteiger partial charge in [-0.05, 0) is 42.5 Å². The predicted molar refractivity (Wildman–Crippen MR) is 124 cm³/mol. The number of nitrogens with zero attached hydrogens (tertiary/aromatic N) is 6. The third-order valence-electron chi connectivity index (χ3n) is 6.01. The van der Waals surface area contributed by atoms with Gasteiger partial charge in [0.1, 0.15) is 12.1 Å². The number of benzene rings is 1. The Balaban J connectivity index is 1.71. The van der Waals surface area contributed by atoms with E-state index in [0.717, 1.165) is 23.4 Å². The molecule has 176 valence electrons. The van der Waals surface area contributed by atoms with Gasteiger partial charge >= 0.3 is 0 Å². The Hall–Kier alpha value is -3.36. The largest absolute Gasteiger partial charge is 0.391 e. The number of β-amino-alcohol motifs (C(OH)–C–C–N with tert-alkyl or cyclic N) is 1. The molecular formula is C23H31N7O3. The van der Waals surface area contributed by atoms with Crippen LogP contribution in [0.2, 0.25) is 0 Å². The number of carbonyl (C=O) groups is 2. The van der Waals surface area contributed by atoms with Crippen LogP contribution < -0.4 is 5.32 Å². The number of amides is 2. The van der Waals surface area contributed by atoms with Crippen molar-refractivity contribution in [3.63, 3.8) is 0 Å². The molecule has 0 unspecified atom stereocenters. The summed E-state index contributed by atoms with van der Waals surface area (Å²) in [6.45, 7) is 8.27. The molecule has 1 saturated heterocycles. The second-order valence-electron chi connectivity index (χ2n) is 8.67. The molecule has 0 bridgehead atoms. The number of aromatic nitrogens is 2. The highest BCUT2D eigenvalue weighted by Gasteiger charge is 2.41. The van der Waals surface area contributed by atoms with Crippen LogP contribution in [0.1, 0.15) is 45.7 Å². The number of aliphatic hydroxyl groups excluding tert-OH is 1. The molecule has 1 aromatic carbocycles. The van der Waals surface area contributed by atoms with Crippen molar-refractivity contribution in [1.29, 1.82) is 0 Å². The lowest BCUT2D eigenvalue weighted by Crippen LogP contribution is -2.50. The summed E-state index contributed by atoms with van der Waals surface area (Å²) in [4.78, 5) is 30.1. The Morgan fingerprint density at radius 2 is 1.97 bits per heavy atom. The van der Waals surface area contributed by atoms with Crippen molar-refractivity contribution < 1.29 is 14.7 Å². The lowest BCUT2D eigenvalue weighted by Gasteiger charge is -2.28. The highest BCUT2D eigenvalue weighted by atomic mass is 16.3. The maximum Gasteiger partial charge on any atom is 0.243 e. The molecular weight excluding hydrogens is 422 g/mol. The molecule has 2 amide bonds. The fourth-order valence-corrected chi connectivity index (χ4v) is 4.16. The summed E-state index contributed by atoms with van der Waals surface area (Å²) in [7, 11) is 0. The number of nitrogens with one attached hydrogen (secondary N) is 1. The summed E-state index contributed by atoms with van der Waals surface area (Å²) < 4.78 is 1.91. The first-order valence-corrected chi connectivity index (χ1v) is 11.2. The third-order valence-corrected chi connectivity index (χ3v) is 6.01. The molecule has 2 aromatic rings. The highest BCUT2D eigenvalue weighted by molar-refractivity contribution is 5.91. The van der Waals surface area contributed by atoms with Gasteiger partial charge in [-0.2, -0.15) is 5.10 Å². The van der Waals surface area contributed by atoms with Gasteiger partial charge < -0.3 is 15.3 Å². The molecule has 2 N–H and O–H groups in total. The zero-order valence-corrected chi connectivity index (χ0v) is 19.4. The lowest BCUT2D eigenvalue weighted by atomic mass is 10.0. The number of likely N-dealkylation sites (tertiary alicyclic amines) is 1. The van der Waals surface area contributed by atoms with Crippen molar-refractivity contribution in [2.45, 2.75) is 64.9 Å². The van der Waals surface area contributed by atoms with E-state index in [2.05, 4.69) is 20.4 Å². The Labute approximate surface area is 193 Å². The van der Waals surface area contributed by atoms with Crippen LogP contribution in [0.25, 0.3) is 21.7 Å². The minimum atomic E-state index is -0.919. The highest BCUT2D eigenvalue weighted by Crippen LogP contribution is 2.25. The van der Waals surface area contributed by atoms with Crippen LogP contribution in [-0.4, -0.2) is 56.3 Å². The van der Waals surface area contributed by atoms with Crippen molar-refractivity contribution in [2.24, 2.45) is 11.0 Å². The van der Waals surface area contributed by atoms with Crippen molar-refractivity contribution in [3.8, 4) is 11.3 Å². The van der Waals surface area contributed by atoms with Gasteiger partial charge in [-0.1, -0.05) is 43.2 Å². The standard InChI is InChI=1S/C23H31N7O3/c1-5-30-19(10-11-25-30)17-8-6-16(7-9-17)15(4)26-22(32)20-12-18(31)13-29(20)23(33)21(14(2)3)27-28-24/h6-11,14-15,18,20-21,31H,5,12-13H2,1-4H3,(H,26,32)/t15-,18+,20-,21-/m0/s1. The minimum absolute atomic E-state index is 0.0370. The Morgan fingerprint density at radius 3 is 2.58 bits per heavy atom. The van der Waals surface area contributed by atoms with Crippen LogP contribution in [0.5, 0.6) is 0 Å². The van der Waals surface area contributed by atoms with E-state index in [-0.39, 0.29) is 30.8 Å². The fourth-order valence-electron chi connectivity index (χ4n) is 4.16. The zero-order valence-electron chi connectivity index (χ0n) is 19.4. The van der Waals surface area contributed by atoms with Crippen LogP contribution in [0, 0.1) is 5.92 Å². The molecule has 10 heteroatoms. The molecule has 0 spiro atoms. The van der Waals surface area contributed by atoms with Gasteiger partial charge in [-0.25, -0.2) is 0 Å². The molecule has 1 aromatic heterocycles. The van der Waals surface area contributed by atoms with Gasteiger partial charge in [0.2, 0.25) is 11.8 Å². The van der Waals surface area contributed by atoms with Gasteiger partial charge in [-0.3, -0.25) is 14.3 Å². The summed E-state index contributed by atoms with van der Waals surface area (Å²) >= 11 is 0. The van der Waals surface area contributed by atoms with E-state index in [4.69, 9.17) is 5.53 Å². The van der Waals surface area contributed by atoms with E-state index in [1.165, 1.54) is 4.90 Å². The van der Waals surface area contributed by atoms with Crippen LogP contribution >= 0.6 is 0 Å². The maximum atomic E-state index is 13.0.